The Hall–Kier alpha value is -0.390. The number of hydrogen-bond donors (Lipinski definition) is 1. The molecule has 0 saturated carbocycles. The molecule has 0 bridgehead atoms. The van der Waals surface area contributed by atoms with Gasteiger partial charge in [0.1, 0.15) is 0 Å². The molecule has 41 heavy (non-hydrogen) atoms. The van der Waals surface area contributed by atoms with Gasteiger partial charge in [0.25, 0.3) is 0 Å². The molecule has 0 aromatic rings. The molecule has 0 aliphatic carbocycles. The summed E-state index contributed by atoms with van der Waals surface area (Å²) in [6.07, 6.45) is 44.1. The zero-order chi connectivity index (χ0) is 30.1. The van der Waals surface area contributed by atoms with Crippen molar-refractivity contribution in [3.8, 4) is 0 Å². The van der Waals surface area contributed by atoms with Gasteiger partial charge in [0, 0.05) is 5.92 Å². The van der Waals surface area contributed by atoms with Gasteiger partial charge in [-0.1, -0.05) is 199 Å². The lowest BCUT2D eigenvalue weighted by atomic mass is 9.99. The van der Waals surface area contributed by atoms with Gasteiger partial charge in [0.05, 0.1) is 6.61 Å². The van der Waals surface area contributed by atoms with E-state index in [-0.39, 0.29) is 12.5 Å². The standard InChI is InChI=1S/C36H72O4S/c1-3-5-7-9-11-13-15-17-18-19-20-21-22-24-26-28-30-32-34-36(35-40-41(37,38)39)33-31-29-27-25-23-16-14-12-10-8-6-4-2/h32,34,36H,3-31,33,35H2,1-2H3,(H,37,38,39)/b34-32+. The van der Waals surface area contributed by atoms with E-state index in [1.165, 1.54) is 173 Å². The minimum Gasteiger partial charge on any atom is -0.264 e. The van der Waals surface area contributed by atoms with Crippen LogP contribution in [0.5, 0.6) is 0 Å². The molecular weight excluding hydrogens is 528 g/mol. The van der Waals surface area contributed by atoms with Gasteiger partial charge in [-0.2, -0.15) is 8.42 Å². The van der Waals surface area contributed by atoms with Crippen LogP contribution < -0.4 is 0 Å². The Morgan fingerprint density at radius 1 is 0.512 bits per heavy atom. The van der Waals surface area contributed by atoms with Gasteiger partial charge < -0.3 is 0 Å². The molecule has 0 aromatic carbocycles. The number of rotatable bonds is 34. The van der Waals surface area contributed by atoms with Crippen molar-refractivity contribution in [1.82, 2.24) is 0 Å². The van der Waals surface area contributed by atoms with E-state index in [9.17, 15) is 8.42 Å². The Kier molecular flexibility index (Phi) is 32.2. The van der Waals surface area contributed by atoms with Gasteiger partial charge in [0.2, 0.25) is 0 Å². The van der Waals surface area contributed by atoms with Gasteiger partial charge in [-0.05, 0) is 19.3 Å². The highest BCUT2D eigenvalue weighted by atomic mass is 32.3. The van der Waals surface area contributed by atoms with Crippen LogP contribution >= 0.6 is 0 Å². The first-order chi connectivity index (χ1) is 20.0. The van der Waals surface area contributed by atoms with E-state index in [0.29, 0.717) is 0 Å². The summed E-state index contributed by atoms with van der Waals surface area (Å²) in [5.41, 5.74) is 0. The highest BCUT2D eigenvalue weighted by Gasteiger charge is 2.11. The monoisotopic (exact) mass is 601 g/mol. The van der Waals surface area contributed by atoms with Gasteiger partial charge in [-0.3, -0.25) is 4.55 Å². The fraction of sp³-hybridized carbons (Fsp3) is 0.944. The van der Waals surface area contributed by atoms with E-state index >= 15 is 0 Å². The second kappa shape index (κ2) is 32.5. The van der Waals surface area contributed by atoms with E-state index in [1.807, 2.05) is 0 Å². The van der Waals surface area contributed by atoms with Crippen LogP contribution in [0.15, 0.2) is 12.2 Å². The van der Waals surface area contributed by atoms with Crippen molar-refractivity contribution in [3.63, 3.8) is 0 Å². The maximum Gasteiger partial charge on any atom is 0.397 e. The smallest absolute Gasteiger partial charge is 0.264 e. The maximum atomic E-state index is 11.1. The van der Waals surface area contributed by atoms with Gasteiger partial charge in [0.15, 0.2) is 0 Å². The van der Waals surface area contributed by atoms with Crippen molar-refractivity contribution in [2.75, 3.05) is 6.61 Å². The molecule has 0 aromatic heterocycles. The predicted molar refractivity (Wildman–Crippen MR) is 180 cm³/mol. The Bertz CT molecular complexity index is 631. The normalized spacial score (nSPS) is 13.0. The number of unbranched alkanes of at least 4 members (excludes halogenated alkanes) is 27. The summed E-state index contributed by atoms with van der Waals surface area (Å²) >= 11 is 0. The average Bonchev–Trinajstić information content (AvgIpc) is 2.94. The lowest BCUT2D eigenvalue weighted by Gasteiger charge is -2.12. The van der Waals surface area contributed by atoms with Gasteiger partial charge in [-0.25, -0.2) is 4.18 Å². The lowest BCUT2D eigenvalue weighted by molar-refractivity contribution is 0.234. The second-order valence-electron chi connectivity index (χ2n) is 12.7. The van der Waals surface area contributed by atoms with Crippen LogP contribution in [0.2, 0.25) is 0 Å². The molecule has 0 heterocycles. The minimum atomic E-state index is -4.37. The number of hydrogen-bond acceptors (Lipinski definition) is 3. The van der Waals surface area contributed by atoms with Crippen molar-refractivity contribution in [3.05, 3.63) is 12.2 Å². The number of allylic oxidation sites excluding steroid dienone is 1. The third-order valence-electron chi connectivity index (χ3n) is 8.49. The molecule has 1 N–H and O–H groups in total. The minimum absolute atomic E-state index is 0.0479. The van der Waals surface area contributed by atoms with Crippen LogP contribution in [0.3, 0.4) is 0 Å². The first kappa shape index (κ1) is 40.6. The Morgan fingerprint density at radius 2 is 0.829 bits per heavy atom. The largest absolute Gasteiger partial charge is 0.397 e. The molecule has 0 radical (unpaired) electrons. The zero-order valence-corrected chi connectivity index (χ0v) is 28.5. The summed E-state index contributed by atoms with van der Waals surface area (Å²) in [6.45, 7) is 4.60. The molecule has 0 rings (SSSR count). The van der Waals surface area contributed by atoms with Crippen LogP contribution in [0, 0.1) is 5.92 Å². The fourth-order valence-corrected chi connectivity index (χ4v) is 6.10. The molecule has 1 unspecified atom stereocenters. The summed E-state index contributed by atoms with van der Waals surface area (Å²) in [5, 5.41) is 0. The molecule has 246 valence electrons. The molecule has 1 atom stereocenters. The van der Waals surface area contributed by atoms with Crippen molar-refractivity contribution in [2.24, 2.45) is 5.92 Å². The lowest BCUT2D eigenvalue weighted by Crippen LogP contribution is -2.12. The highest BCUT2D eigenvalue weighted by Crippen LogP contribution is 2.18. The third kappa shape index (κ3) is 35.7. The quantitative estimate of drug-likeness (QED) is 0.0453. The molecule has 0 saturated heterocycles. The summed E-state index contributed by atoms with van der Waals surface area (Å²) in [4.78, 5) is 0. The Balaban J connectivity index is 3.73. The first-order valence-corrected chi connectivity index (χ1v) is 19.6. The van der Waals surface area contributed by atoms with E-state index < -0.39 is 10.4 Å². The van der Waals surface area contributed by atoms with E-state index in [4.69, 9.17) is 8.74 Å². The summed E-state index contributed by atoms with van der Waals surface area (Å²) in [6, 6.07) is 0. The molecule has 0 fully saturated rings. The maximum absolute atomic E-state index is 11.1. The summed E-state index contributed by atoms with van der Waals surface area (Å²) in [5.74, 6) is 0.0566. The van der Waals surface area contributed by atoms with Crippen LogP contribution in [0.25, 0.3) is 0 Å². The zero-order valence-electron chi connectivity index (χ0n) is 27.7. The molecule has 5 heteroatoms. The van der Waals surface area contributed by atoms with Crippen LogP contribution in [0.4, 0.5) is 0 Å². The Labute approximate surface area is 258 Å². The van der Waals surface area contributed by atoms with E-state index in [0.717, 1.165) is 19.3 Å². The van der Waals surface area contributed by atoms with Crippen LogP contribution in [0.1, 0.15) is 206 Å². The molecule has 0 aliphatic heterocycles. The van der Waals surface area contributed by atoms with Crippen molar-refractivity contribution in [2.45, 2.75) is 206 Å². The van der Waals surface area contributed by atoms with Gasteiger partial charge >= 0.3 is 10.4 Å². The molecular formula is C36H72O4S. The SMILES string of the molecule is CCCCCCCCCCCCCCCCCC/C=C/C(CCCCCCCCCCCCCC)COS(=O)(=O)O. The summed E-state index contributed by atoms with van der Waals surface area (Å²) < 4.78 is 35.8. The van der Waals surface area contributed by atoms with E-state index in [1.54, 1.807) is 0 Å². The highest BCUT2D eigenvalue weighted by molar-refractivity contribution is 7.80. The molecule has 0 aliphatic rings. The topological polar surface area (TPSA) is 63.6 Å². The van der Waals surface area contributed by atoms with Crippen LogP contribution in [-0.4, -0.2) is 19.6 Å². The molecule has 0 spiro atoms. The first-order valence-electron chi connectivity index (χ1n) is 18.3. The van der Waals surface area contributed by atoms with Gasteiger partial charge in [-0.15, -0.1) is 0 Å². The predicted octanol–water partition coefficient (Wildman–Crippen LogP) is 12.7. The fourth-order valence-electron chi connectivity index (χ4n) is 5.75. The van der Waals surface area contributed by atoms with Crippen molar-refractivity contribution >= 4 is 10.4 Å². The second-order valence-corrected chi connectivity index (χ2v) is 13.8. The average molecular weight is 601 g/mol. The summed E-state index contributed by atoms with van der Waals surface area (Å²) in [7, 11) is -4.37. The van der Waals surface area contributed by atoms with Crippen molar-refractivity contribution in [1.29, 1.82) is 0 Å². The van der Waals surface area contributed by atoms with E-state index in [2.05, 4.69) is 26.0 Å². The Morgan fingerprint density at radius 3 is 1.17 bits per heavy atom. The third-order valence-corrected chi connectivity index (χ3v) is 8.93. The van der Waals surface area contributed by atoms with Crippen molar-refractivity contribution < 1.29 is 17.2 Å². The molecule has 0 amide bonds. The van der Waals surface area contributed by atoms with Crippen LogP contribution in [-0.2, 0) is 14.6 Å². The molecule has 4 nitrogen and oxygen atoms in total.